The average Bonchev–Trinajstić information content (AvgIpc) is 3.35. The molecule has 0 radical (unpaired) electrons. The summed E-state index contributed by atoms with van der Waals surface area (Å²) < 4.78 is 16.2. The number of hydrogen-bond acceptors (Lipinski definition) is 7. The molecule has 41 heavy (non-hydrogen) atoms. The highest BCUT2D eigenvalue weighted by molar-refractivity contribution is 6.03. The number of carbonyl (C=O) groups excluding carboxylic acids is 3. The van der Waals surface area contributed by atoms with E-state index in [2.05, 4.69) is 15.8 Å². The number of para-hydroxylation sites is 1. The molecular formula is C31H40N4O6. The Labute approximate surface area is 241 Å². The molecule has 0 saturated carbocycles. The second-order valence-electron chi connectivity index (χ2n) is 10.6. The van der Waals surface area contributed by atoms with E-state index in [1.807, 2.05) is 46.8 Å². The van der Waals surface area contributed by atoms with Crippen molar-refractivity contribution < 1.29 is 28.4 Å². The van der Waals surface area contributed by atoms with E-state index in [0.717, 1.165) is 11.1 Å². The smallest absolute Gasteiger partial charge is 0.248 e. The fraction of sp³-hybridized carbons (Fsp3) is 0.419. The maximum atomic E-state index is 14.1. The van der Waals surface area contributed by atoms with Crippen LogP contribution in [0, 0.1) is 20.8 Å². The van der Waals surface area contributed by atoms with Crippen LogP contribution in [0.5, 0.6) is 11.5 Å². The largest absolute Gasteiger partial charge is 0.493 e. The monoisotopic (exact) mass is 564 g/mol. The number of rotatable bonds is 12. The number of nitrogens with one attached hydrogen (secondary N) is 2. The average molecular weight is 565 g/mol. The Hall–Kier alpha value is -4.34. The maximum Gasteiger partial charge on any atom is 0.248 e. The molecule has 3 aromatic rings. The lowest BCUT2D eigenvalue weighted by Gasteiger charge is -2.35. The zero-order valence-electron chi connectivity index (χ0n) is 25.1. The number of methoxy groups -OCH3 is 2. The van der Waals surface area contributed by atoms with E-state index in [-0.39, 0.29) is 18.7 Å². The van der Waals surface area contributed by atoms with Gasteiger partial charge in [-0.05, 0) is 70.4 Å². The Morgan fingerprint density at radius 3 is 2.32 bits per heavy atom. The lowest BCUT2D eigenvalue weighted by Crippen LogP contribution is -2.50. The Morgan fingerprint density at radius 2 is 1.73 bits per heavy atom. The van der Waals surface area contributed by atoms with Gasteiger partial charge in [-0.25, -0.2) is 0 Å². The highest BCUT2D eigenvalue weighted by Crippen LogP contribution is 2.40. The van der Waals surface area contributed by atoms with Crippen LogP contribution in [0.3, 0.4) is 0 Å². The normalized spacial score (nSPS) is 11.9. The second-order valence-corrected chi connectivity index (χ2v) is 10.6. The minimum atomic E-state index is -1.12. The fourth-order valence-electron chi connectivity index (χ4n) is 4.30. The Kier molecular flexibility index (Phi) is 10.2. The molecule has 0 aliphatic heterocycles. The molecule has 0 spiro atoms. The van der Waals surface area contributed by atoms with E-state index in [4.69, 9.17) is 14.0 Å². The maximum absolute atomic E-state index is 14.1. The van der Waals surface area contributed by atoms with Gasteiger partial charge in [0, 0.05) is 35.7 Å². The first kappa shape index (κ1) is 31.2. The third-order valence-electron chi connectivity index (χ3n) is 7.08. The van der Waals surface area contributed by atoms with Crippen molar-refractivity contribution in [3.63, 3.8) is 0 Å². The molecule has 2 N–H and O–H groups in total. The van der Waals surface area contributed by atoms with Crippen LogP contribution in [0.4, 0.5) is 11.5 Å². The third-order valence-corrected chi connectivity index (χ3v) is 7.08. The highest BCUT2D eigenvalue weighted by Gasteiger charge is 2.37. The van der Waals surface area contributed by atoms with Gasteiger partial charge in [-0.3, -0.25) is 19.3 Å². The molecule has 10 heteroatoms. The summed E-state index contributed by atoms with van der Waals surface area (Å²) in [6.45, 7) is 11.4. The van der Waals surface area contributed by atoms with Crippen molar-refractivity contribution in [1.29, 1.82) is 0 Å². The zero-order valence-corrected chi connectivity index (χ0v) is 25.1. The first-order valence-electron chi connectivity index (χ1n) is 13.6. The van der Waals surface area contributed by atoms with Gasteiger partial charge in [0.15, 0.2) is 17.3 Å². The van der Waals surface area contributed by atoms with Crippen LogP contribution in [0.15, 0.2) is 47.0 Å². The van der Waals surface area contributed by atoms with Gasteiger partial charge < -0.3 is 24.6 Å². The van der Waals surface area contributed by atoms with Gasteiger partial charge in [-0.1, -0.05) is 30.3 Å². The quantitative estimate of drug-likeness (QED) is 0.301. The van der Waals surface area contributed by atoms with Crippen LogP contribution in [0.2, 0.25) is 0 Å². The van der Waals surface area contributed by atoms with Crippen molar-refractivity contribution in [2.75, 3.05) is 24.4 Å². The summed E-state index contributed by atoms with van der Waals surface area (Å²) in [6.07, 6.45) is 0.374. The lowest BCUT2D eigenvalue weighted by molar-refractivity contribution is -0.128. The molecule has 10 nitrogen and oxygen atoms in total. The Morgan fingerprint density at radius 1 is 1.00 bits per heavy atom. The molecule has 1 atom stereocenters. The van der Waals surface area contributed by atoms with Crippen molar-refractivity contribution in [1.82, 2.24) is 10.5 Å². The Bertz CT molecular complexity index is 1400. The van der Waals surface area contributed by atoms with Crippen molar-refractivity contribution in [3.05, 3.63) is 64.9 Å². The number of benzene rings is 2. The van der Waals surface area contributed by atoms with Gasteiger partial charge in [0.2, 0.25) is 17.7 Å². The fourth-order valence-corrected chi connectivity index (χ4v) is 4.30. The molecule has 0 fully saturated rings. The molecule has 0 bridgehead atoms. The molecule has 0 aliphatic carbocycles. The van der Waals surface area contributed by atoms with Crippen LogP contribution in [0.1, 0.15) is 68.5 Å². The number of anilines is 2. The SMILES string of the molecule is CCC(C)(C)NC(=O)C(c1cccc(OC)c1OC)N(C(=O)CCC(=O)Nc1cc(C)on1)c1ccc(C)c(C)c1. The van der Waals surface area contributed by atoms with Crippen molar-refractivity contribution in [2.24, 2.45) is 0 Å². The summed E-state index contributed by atoms with van der Waals surface area (Å²) in [6, 6.07) is 11.3. The number of hydrogen-bond donors (Lipinski definition) is 2. The lowest BCUT2D eigenvalue weighted by atomic mass is 9.96. The second kappa shape index (κ2) is 13.3. The van der Waals surface area contributed by atoms with Crippen LogP contribution >= 0.6 is 0 Å². The van der Waals surface area contributed by atoms with E-state index in [0.29, 0.717) is 34.9 Å². The van der Waals surface area contributed by atoms with Gasteiger partial charge in [0.05, 0.1) is 14.2 Å². The minimum Gasteiger partial charge on any atom is -0.493 e. The van der Waals surface area contributed by atoms with Crippen LogP contribution in [-0.4, -0.2) is 42.6 Å². The van der Waals surface area contributed by atoms with Crippen molar-refractivity contribution in [2.45, 2.75) is 72.4 Å². The summed E-state index contributed by atoms with van der Waals surface area (Å²) in [7, 11) is 3.00. The van der Waals surface area contributed by atoms with Gasteiger partial charge in [0.1, 0.15) is 11.8 Å². The first-order valence-corrected chi connectivity index (χ1v) is 13.6. The number of carbonyl (C=O) groups is 3. The molecule has 3 rings (SSSR count). The van der Waals surface area contributed by atoms with E-state index >= 15 is 0 Å². The molecule has 1 heterocycles. The van der Waals surface area contributed by atoms with Gasteiger partial charge in [-0.2, -0.15) is 0 Å². The van der Waals surface area contributed by atoms with Gasteiger partial charge in [0.25, 0.3) is 0 Å². The van der Waals surface area contributed by atoms with E-state index in [1.54, 1.807) is 37.3 Å². The molecule has 0 saturated heterocycles. The topological polar surface area (TPSA) is 123 Å². The summed E-state index contributed by atoms with van der Waals surface area (Å²) >= 11 is 0. The van der Waals surface area contributed by atoms with Crippen LogP contribution in [-0.2, 0) is 14.4 Å². The van der Waals surface area contributed by atoms with E-state index in [1.165, 1.54) is 19.1 Å². The summed E-state index contributed by atoms with van der Waals surface area (Å²) in [5, 5.41) is 9.51. The predicted octanol–water partition coefficient (Wildman–Crippen LogP) is 5.42. The molecule has 1 aromatic heterocycles. The highest BCUT2D eigenvalue weighted by atomic mass is 16.5. The Balaban J connectivity index is 2.10. The van der Waals surface area contributed by atoms with E-state index < -0.39 is 29.3 Å². The number of aromatic nitrogens is 1. The molecule has 3 amide bonds. The molecule has 2 aromatic carbocycles. The minimum absolute atomic E-state index is 0.129. The number of ether oxygens (including phenoxy) is 2. The number of amides is 3. The number of aryl methyl sites for hydroxylation is 3. The molecular weight excluding hydrogens is 524 g/mol. The van der Waals surface area contributed by atoms with Gasteiger partial charge >= 0.3 is 0 Å². The first-order chi connectivity index (χ1) is 19.4. The van der Waals surface area contributed by atoms with Crippen molar-refractivity contribution >= 4 is 29.2 Å². The molecule has 1 unspecified atom stereocenters. The summed E-state index contributed by atoms with van der Waals surface area (Å²) in [4.78, 5) is 42.3. The molecule has 220 valence electrons. The van der Waals surface area contributed by atoms with Crippen molar-refractivity contribution in [3.8, 4) is 11.5 Å². The predicted molar refractivity (Wildman–Crippen MR) is 157 cm³/mol. The van der Waals surface area contributed by atoms with Gasteiger partial charge in [-0.15, -0.1) is 0 Å². The van der Waals surface area contributed by atoms with Crippen LogP contribution < -0.4 is 25.0 Å². The van der Waals surface area contributed by atoms with Crippen LogP contribution in [0.25, 0.3) is 0 Å². The third kappa shape index (κ3) is 7.65. The van der Waals surface area contributed by atoms with E-state index in [9.17, 15) is 14.4 Å². The number of nitrogens with zero attached hydrogens (tertiary/aromatic N) is 2. The summed E-state index contributed by atoms with van der Waals surface area (Å²) in [5.41, 5.74) is 2.41. The zero-order chi connectivity index (χ0) is 30.3. The standard InChI is InChI=1S/C31H40N4O6/c1-9-31(5,6)33-30(38)28(23-11-10-12-24(39-7)29(23)40-8)35(22-14-13-19(2)20(3)17-22)27(37)16-15-26(36)32-25-18-21(4)41-34-25/h10-14,17-18,28H,9,15-16H2,1-8H3,(H,33,38)(H,32,34,36). The molecule has 0 aliphatic rings. The summed E-state index contributed by atoms with van der Waals surface area (Å²) in [5.74, 6) is 0.368.